The van der Waals surface area contributed by atoms with Crippen LogP contribution in [0.3, 0.4) is 0 Å². The van der Waals surface area contributed by atoms with E-state index in [1.54, 1.807) is 24.3 Å². The molecule has 0 aliphatic carbocycles. The van der Waals surface area contributed by atoms with Crippen LogP contribution in [0.1, 0.15) is 30.9 Å². The molecule has 33 heavy (non-hydrogen) atoms. The van der Waals surface area contributed by atoms with Gasteiger partial charge in [-0.25, -0.2) is 10.3 Å². The monoisotopic (exact) mass is 450 g/mol. The van der Waals surface area contributed by atoms with Gasteiger partial charge in [-0.3, -0.25) is 15.3 Å². The number of carbonyl (C=O) groups excluding carboxylic acids is 2. The number of rotatable bonds is 9. The molecule has 0 saturated carbocycles. The summed E-state index contributed by atoms with van der Waals surface area (Å²) in [4.78, 5) is 23.8. The first kappa shape index (κ1) is 23.6. The molecule has 0 saturated heterocycles. The van der Waals surface area contributed by atoms with Crippen LogP contribution in [0.15, 0.2) is 72.8 Å². The molecule has 8 nitrogen and oxygen atoms in total. The molecule has 0 aliphatic rings. The number of carbonyl (C=O) groups is 2. The second kappa shape index (κ2) is 11.5. The predicted molar refractivity (Wildman–Crippen MR) is 124 cm³/mol. The molecule has 0 heterocycles. The number of phenols is 1. The molecule has 0 fully saturated rings. The minimum Gasteiger partial charge on any atom is -0.504 e. The molecule has 2 amide bonds. The molecule has 0 bridgehead atoms. The summed E-state index contributed by atoms with van der Waals surface area (Å²) in [5, 5.41) is 23.4. The van der Waals surface area contributed by atoms with Gasteiger partial charge in [0.1, 0.15) is 6.10 Å². The van der Waals surface area contributed by atoms with E-state index < -0.39 is 18.1 Å². The number of benzene rings is 3. The van der Waals surface area contributed by atoms with Gasteiger partial charge in [0, 0.05) is 11.5 Å². The first-order valence-corrected chi connectivity index (χ1v) is 10.4. The summed E-state index contributed by atoms with van der Waals surface area (Å²) in [6.45, 7) is 0. The Balaban J connectivity index is 1.73. The smallest absolute Gasteiger partial charge is 0.412 e. The van der Waals surface area contributed by atoms with Gasteiger partial charge in [-0.2, -0.15) is 0 Å². The fourth-order valence-electron chi connectivity index (χ4n) is 3.45. The Labute approximate surface area is 191 Å². The predicted octanol–water partition coefficient (Wildman–Crippen LogP) is 5.08. The van der Waals surface area contributed by atoms with Crippen LogP contribution in [0, 0.1) is 0 Å². The number of allylic oxidation sites excluding steroid dienone is 1. The van der Waals surface area contributed by atoms with E-state index in [0.29, 0.717) is 36.3 Å². The Kier molecular flexibility index (Phi) is 8.26. The quantitative estimate of drug-likeness (QED) is 0.156. The molecule has 1 atom stereocenters. The van der Waals surface area contributed by atoms with Gasteiger partial charge >= 0.3 is 6.09 Å². The number of aromatic hydroxyl groups is 1. The Bertz CT molecular complexity index is 1140. The van der Waals surface area contributed by atoms with Crippen molar-refractivity contribution in [3.05, 3.63) is 78.4 Å². The first-order chi connectivity index (χ1) is 16.0. The van der Waals surface area contributed by atoms with Gasteiger partial charge < -0.3 is 14.6 Å². The molecule has 3 aromatic rings. The maximum atomic E-state index is 12.7. The maximum Gasteiger partial charge on any atom is 0.412 e. The average molecular weight is 450 g/mol. The van der Waals surface area contributed by atoms with Crippen molar-refractivity contribution in [3.63, 3.8) is 0 Å². The highest BCUT2D eigenvalue weighted by molar-refractivity contribution is 6.00. The van der Waals surface area contributed by atoms with Gasteiger partial charge in [0.15, 0.2) is 11.5 Å². The normalized spacial score (nSPS) is 11.8. The van der Waals surface area contributed by atoms with E-state index >= 15 is 0 Å². The second-order valence-electron chi connectivity index (χ2n) is 7.29. The van der Waals surface area contributed by atoms with E-state index in [4.69, 9.17) is 14.7 Å². The zero-order valence-corrected chi connectivity index (χ0v) is 18.2. The molecule has 0 spiro atoms. The summed E-state index contributed by atoms with van der Waals surface area (Å²) in [5.41, 5.74) is 2.77. The van der Waals surface area contributed by atoms with Crippen molar-refractivity contribution in [2.75, 3.05) is 12.4 Å². The van der Waals surface area contributed by atoms with Crippen molar-refractivity contribution in [1.82, 2.24) is 5.48 Å². The van der Waals surface area contributed by atoms with Crippen LogP contribution in [0.2, 0.25) is 0 Å². The van der Waals surface area contributed by atoms with Gasteiger partial charge in [-0.1, -0.05) is 48.5 Å². The zero-order chi connectivity index (χ0) is 23.6. The summed E-state index contributed by atoms with van der Waals surface area (Å²) < 4.78 is 10.8. The third-order valence-electron chi connectivity index (χ3n) is 5.07. The van der Waals surface area contributed by atoms with Gasteiger partial charge in [0.05, 0.1) is 12.8 Å². The SMILES string of the molecule is COc1ccc([C@@H](CCC/C=C/C(=O)NO)OC(=O)Nc2cccc3ccccc23)cc1O. The summed E-state index contributed by atoms with van der Waals surface area (Å²) in [7, 11) is 1.45. The third-order valence-corrected chi connectivity index (χ3v) is 5.07. The third kappa shape index (κ3) is 6.47. The fourth-order valence-corrected chi connectivity index (χ4v) is 3.45. The lowest BCUT2D eigenvalue weighted by atomic mass is 10.0. The van der Waals surface area contributed by atoms with Gasteiger partial charge in [-0.05, 0) is 48.4 Å². The number of hydrogen-bond acceptors (Lipinski definition) is 6. The molecular weight excluding hydrogens is 424 g/mol. The molecule has 3 rings (SSSR count). The van der Waals surface area contributed by atoms with Crippen molar-refractivity contribution in [3.8, 4) is 11.5 Å². The molecule has 4 N–H and O–H groups in total. The maximum absolute atomic E-state index is 12.7. The van der Waals surface area contributed by atoms with Gasteiger partial charge in [-0.15, -0.1) is 0 Å². The van der Waals surface area contributed by atoms with E-state index in [-0.39, 0.29) is 5.75 Å². The molecule has 3 aromatic carbocycles. The summed E-state index contributed by atoms with van der Waals surface area (Å²) in [6.07, 6.45) is 3.14. The molecule has 0 aromatic heterocycles. The molecule has 172 valence electrons. The number of anilines is 1. The fraction of sp³-hybridized carbons (Fsp3) is 0.200. The molecule has 0 radical (unpaired) electrons. The van der Waals surface area contributed by atoms with E-state index in [2.05, 4.69) is 5.32 Å². The highest BCUT2D eigenvalue weighted by Crippen LogP contribution is 2.33. The van der Waals surface area contributed by atoms with Crippen LogP contribution in [-0.4, -0.2) is 29.4 Å². The van der Waals surface area contributed by atoms with Crippen molar-refractivity contribution in [2.45, 2.75) is 25.4 Å². The molecule has 0 unspecified atom stereocenters. The average Bonchev–Trinajstić information content (AvgIpc) is 2.83. The van der Waals surface area contributed by atoms with E-state index in [1.165, 1.54) is 24.7 Å². The van der Waals surface area contributed by atoms with Gasteiger partial charge in [0.25, 0.3) is 5.91 Å². The molecule has 0 aliphatic heterocycles. The van der Waals surface area contributed by atoms with Crippen LogP contribution in [-0.2, 0) is 9.53 Å². The summed E-state index contributed by atoms with van der Waals surface area (Å²) in [6, 6.07) is 18.1. The Morgan fingerprint density at radius 2 is 1.88 bits per heavy atom. The van der Waals surface area contributed by atoms with Crippen LogP contribution < -0.4 is 15.5 Å². The highest BCUT2D eigenvalue weighted by atomic mass is 16.6. The van der Waals surface area contributed by atoms with Crippen LogP contribution in [0.25, 0.3) is 10.8 Å². The first-order valence-electron chi connectivity index (χ1n) is 10.4. The van der Waals surface area contributed by atoms with E-state index in [9.17, 15) is 14.7 Å². The number of unbranched alkanes of at least 4 members (excludes halogenated alkanes) is 1. The van der Waals surface area contributed by atoms with Crippen LogP contribution >= 0.6 is 0 Å². The molecular formula is C25H26N2O6. The van der Waals surface area contributed by atoms with Crippen molar-refractivity contribution in [1.29, 1.82) is 0 Å². The van der Waals surface area contributed by atoms with Crippen molar-refractivity contribution >= 4 is 28.5 Å². The summed E-state index contributed by atoms with van der Waals surface area (Å²) >= 11 is 0. The number of fused-ring (bicyclic) bond motifs is 1. The van der Waals surface area contributed by atoms with Crippen LogP contribution in [0.5, 0.6) is 11.5 Å². The van der Waals surface area contributed by atoms with E-state index in [1.807, 2.05) is 36.4 Å². The highest BCUT2D eigenvalue weighted by Gasteiger charge is 2.19. The topological polar surface area (TPSA) is 117 Å². The van der Waals surface area contributed by atoms with Gasteiger partial charge in [0.2, 0.25) is 0 Å². The number of amides is 2. The minimum absolute atomic E-state index is 0.0578. The van der Waals surface area contributed by atoms with E-state index in [0.717, 1.165) is 10.8 Å². The van der Waals surface area contributed by atoms with Crippen molar-refractivity contribution < 1.29 is 29.4 Å². The largest absolute Gasteiger partial charge is 0.504 e. The number of hydrogen-bond donors (Lipinski definition) is 4. The number of nitrogens with one attached hydrogen (secondary N) is 2. The lowest BCUT2D eigenvalue weighted by Gasteiger charge is -2.20. The molecule has 8 heteroatoms. The zero-order valence-electron chi connectivity index (χ0n) is 18.2. The number of methoxy groups -OCH3 is 1. The Hall–Kier alpha value is -4.04. The lowest BCUT2D eigenvalue weighted by molar-refractivity contribution is -0.124. The number of hydroxylamine groups is 1. The number of phenolic OH excluding ortho intramolecular Hbond substituents is 1. The number of ether oxygens (including phenoxy) is 2. The minimum atomic E-state index is -0.642. The van der Waals surface area contributed by atoms with Crippen molar-refractivity contribution in [2.24, 2.45) is 0 Å². The summed E-state index contributed by atoms with van der Waals surface area (Å²) in [5.74, 6) is -0.356. The Morgan fingerprint density at radius 1 is 1.09 bits per heavy atom. The lowest BCUT2D eigenvalue weighted by Crippen LogP contribution is -2.18. The standard InChI is InChI=1S/C25H26N2O6/c1-32-23-15-14-18(16-21(23)28)22(12-3-2-4-13-24(29)27-31)33-25(30)26-20-11-7-9-17-8-5-6-10-19(17)20/h4-11,13-16,22,28,31H,2-3,12H2,1H3,(H,26,30)(H,27,29)/b13-4+/t22-/m1/s1. The Morgan fingerprint density at radius 3 is 2.64 bits per heavy atom. The second-order valence-corrected chi connectivity index (χ2v) is 7.29. The van der Waals surface area contributed by atoms with Crippen LogP contribution in [0.4, 0.5) is 10.5 Å².